The van der Waals surface area contributed by atoms with Crippen LogP contribution in [0.2, 0.25) is 0 Å². The first-order valence-corrected chi connectivity index (χ1v) is 6.59. The van der Waals surface area contributed by atoms with Gasteiger partial charge in [0, 0.05) is 20.1 Å². The van der Waals surface area contributed by atoms with Crippen molar-refractivity contribution in [3.05, 3.63) is 23.8 Å². The van der Waals surface area contributed by atoms with E-state index >= 15 is 0 Å². The van der Waals surface area contributed by atoms with E-state index in [1.807, 2.05) is 30.1 Å². The Labute approximate surface area is 116 Å². The number of aryl methyl sites for hydroxylation is 1. The molecular weight excluding hydrogens is 260 g/mol. The third kappa shape index (κ3) is 2.18. The van der Waals surface area contributed by atoms with Crippen molar-refractivity contribution in [2.24, 2.45) is 7.05 Å². The Kier molecular flexibility index (Phi) is 3.43. The molecule has 7 heteroatoms. The maximum Gasteiger partial charge on any atom is 0.113 e. The number of hydrogen-bond acceptors (Lipinski definition) is 6. The van der Waals surface area contributed by atoms with Crippen LogP contribution in [0.15, 0.2) is 18.2 Å². The van der Waals surface area contributed by atoms with E-state index in [-0.39, 0.29) is 6.61 Å². The molecular formula is C13H18N4O3. The molecule has 0 unspecified atom stereocenters. The van der Waals surface area contributed by atoms with Gasteiger partial charge in [0.05, 0.1) is 30.4 Å². The van der Waals surface area contributed by atoms with E-state index in [2.05, 4.69) is 10.3 Å². The van der Waals surface area contributed by atoms with Crippen LogP contribution in [-0.4, -0.2) is 66.6 Å². The number of rotatable bonds is 3. The van der Waals surface area contributed by atoms with Crippen LogP contribution in [-0.2, 0) is 13.6 Å². The molecule has 1 saturated heterocycles. The Bertz CT molecular complexity index is 615. The van der Waals surface area contributed by atoms with Crippen molar-refractivity contribution in [1.82, 2.24) is 19.9 Å². The molecule has 3 rings (SSSR count). The first kappa shape index (κ1) is 13.4. The normalized spacial score (nSPS) is 27.5. The van der Waals surface area contributed by atoms with Gasteiger partial charge in [-0.2, -0.15) is 0 Å². The highest BCUT2D eigenvalue weighted by Gasteiger charge is 2.39. The van der Waals surface area contributed by atoms with Crippen LogP contribution in [0, 0.1) is 0 Å². The van der Waals surface area contributed by atoms with Crippen molar-refractivity contribution >= 4 is 11.0 Å². The van der Waals surface area contributed by atoms with E-state index in [9.17, 15) is 15.3 Å². The lowest BCUT2D eigenvalue weighted by atomic mass is 10.1. The lowest BCUT2D eigenvalue weighted by molar-refractivity contribution is 0.0210. The first-order chi connectivity index (χ1) is 9.60. The summed E-state index contributed by atoms with van der Waals surface area (Å²) in [6, 6.07) is 5.43. The Morgan fingerprint density at radius 1 is 1.35 bits per heavy atom. The highest BCUT2D eigenvalue weighted by atomic mass is 16.3. The van der Waals surface area contributed by atoms with Gasteiger partial charge in [0.2, 0.25) is 0 Å². The minimum atomic E-state index is -0.903. The molecule has 1 aromatic carbocycles. The fourth-order valence-electron chi connectivity index (χ4n) is 2.78. The minimum absolute atomic E-state index is 0.175. The van der Waals surface area contributed by atoms with Crippen molar-refractivity contribution in [2.45, 2.75) is 24.8 Å². The first-order valence-electron chi connectivity index (χ1n) is 6.59. The highest BCUT2D eigenvalue weighted by Crippen LogP contribution is 2.22. The average Bonchev–Trinajstić information content (AvgIpc) is 2.92. The van der Waals surface area contributed by atoms with Crippen LogP contribution >= 0.6 is 0 Å². The maximum atomic E-state index is 9.80. The van der Waals surface area contributed by atoms with Gasteiger partial charge in [-0.25, -0.2) is 4.68 Å². The van der Waals surface area contributed by atoms with Crippen LogP contribution in [0.1, 0.15) is 5.56 Å². The SMILES string of the molecule is Cn1nnc2cc(CN3C[C@H](O)[C@H](O)[C@H]3CO)ccc21. The Morgan fingerprint density at radius 3 is 2.90 bits per heavy atom. The van der Waals surface area contributed by atoms with Gasteiger partial charge in [-0.3, -0.25) is 4.90 Å². The monoisotopic (exact) mass is 278 g/mol. The van der Waals surface area contributed by atoms with Crippen molar-refractivity contribution in [3.8, 4) is 0 Å². The minimum Gasteiger partial charge on any atom is -0.395 e. The summed E-state index contributed by atoms with van der Waals surface area (Å²) in [7, 11) is 1.84. The number of likely N-dealkylation sites (tertiary alicyclic amines) is 1. The third-order valence-electron chi connectivity index (χ3n) is 3.93. The highest BCUT2D eigenvalue weighted by molar-refractivity contribution is 5.74. The summed E-state index contributed by atoms with van der Waals surface area (Å²) < 4.78 is 1.71. The predicted molar refractivity (Wildman–Crippen MR) is 71.8 cm³/mol. The molecule has 0 amide bonds. The van der Waals surface area contributed by atoms with Gasteiger partial charge < -0.3 is 15.3 Å². The molecule has 1 aliphatic heterocycles. The van der Waals surface area contributed by atoms with Gasteiger partial charge >= 0.3 is 0 Å². The summed E-state index contributed by atoms with van der Waals surface area (Å²) in [5.74, 6) is 0. The number of aromatic nitrogens is 3. The van der Waals surface area contributed by atoms with E-state index in [0.29, 0.717) is 13.1 Å². The van der Waals surface area contributed by atoms with Crippen LogP contribution < -0.4 is 0 Å². The maximum absolute atomic E-state index is 9.80. The molecule has 3 atom stereocenters. The molecule has 0 radical (unpaired) electrons. The van der Waals surface area contributed by atoms with Crippen LogP contribution in [0.25, 0.3) is 11.0 Å². The number of β-amino-alcohol motifs (C(OH)–C–C–N with tert-alkyl or cyclic N) is 1. The number of aliphatic hydroxyl groups is 3. The molecule has 0 saturated carbocycles. The van der Waals surface area contributed by atoms with Gasteiger partial charge in [0.25, 0.3) is 0 Å². The number of fused-ring (bicyclic) bond motifs is 1. The molecule has 108 valence electrons. The fraction of sp³-hybridized carbons (Fsp3) is 0.538. The number of hydrogen-bond donors (Lipinski definition) is 3. The third-order valence-corrected chi connectivity index (χ3v) is 3.93. The summed E-state index contributed by atoms with van der Waals surface area (Å²) >= 11 is 0. The van der Waals surface area contributed by atoms with Gasteiger partial charge in [-0.15, -0.1) is 5.10 Å². The van der Waals surface area contributed by atoms with E-state index in [1.165, 1.54) is 0 Å². The molecule has 2 heterocycles. The molecule has 3 N–H and O–H groups in total. The standard InChI is InChI=1S/C13H18N4O3/c1-16-10-3-2-8(4-9(10)14-15-16)5-17-6-12(19)13(20)11(17)7-18/h2-4,11-13,18-20H,5-7H2,1H3/t11-,12+,13-/m1/s1. The summed E-state index contributed by atoms with van der Waals surface area (Å²) in [6.07, 6.45) is -1.72. The smallest absolute Gasteiger partial charge is 0.113 e. The lowest BCUT2D eigenvalue weighted by Gasteiger charge is -2.23. The van der Waals surface area contributed by atoms with Crippen molar-refractivity contribution in [1.29, 1.82) is 0 Å². The number of benzene rings is 1. The molecule has 1 aliphatic rings. The fourth-order valence-corrected chi connectivity index (χ4v) is 2.78. The molecule has 0 spiro atoms. The van der Waals surface area contributed by atoms with Gasteiger partial charge in [0.15, 0.2) is 0 Å². The number of nitrogens with zero attached hydrogens (tertiary/aromatic N) is 4. The second-order valence-corrected chi connectivity index (χ2v) is 5.27. The average molecular weight is 278 g/mol. The van der Waals surface area contributed by atoms with Crippen LogP contribution in [0.3, 0.4) is 0 Å². The van der Waals surface area contributed by atoms with Crippen LogP contribution in [0.4, 0.5) is 0 Å². The summed E-state index contributed by atoms with van der Waals surface area (Å²) in [6.45, 7) is 0.725. The zero-order valence-corrected chi connectivity index (χ0v) is 11.2. The lowest BCUT2D eigenvalue weighted by Crippen LogP contribution is -2.38. The van der Waals surface area contributed by atoms with E-state index in [4.69, 9.17) is 0 Å². The summed E-state index contributed by atoms with van der Waals surface area (Å²) in [4.78, 5) is 1.88. The molecule has 1 fully saturated rings. The molecule has 20 heavy (non-hydrogen) atoms. The van der Waals surface area contributed by atoms with Gasteiger partial charge in [-0.1, -0.05) is 11.3 Å². The molecule has 2 aromatic rings. The molecule has 0 bridgehead atoms. The second-order valence-electron chi connectivity index (χ2n) is 5.27. The Morgan fingerprint density at radius 2 is 2.15 bits per heavy atom. The summed E-state index contributed by atoms with van der Waals surface area (Å²) in [5, 5.41) is 36.9. The van der Waals surface area contributed by atoms with Crippen LogP contribution in [0.5, 0.6) is 0 Å². The van der Waals surface area contributed by atoms with E-state index < -0.39 is 18.2 Å². The summed E-state index contributed by atoms with van der Waals surface area (Å²) in [5.41, 5.74) is 2.78. The van der Waals surface area contributed by atoms with Crippen molar-refractivity contribution in [3.63, 3.8) is 0 Å². The molecule has 1 aromatic heterocycles. The number of aliphatic hydroxyl groups excluding tert-OH is 3. The Hall–Kier alpha value is -1.54. The van der Waals surface area contributed by atoms with Gasteiger partial charge in [-0.05, 0) is 17.7 Å². The molecule has 0 aliphatic carbocycles. The van der Waals surface area contributed by atoms with Crippen molar-refractivity contribution in [2.75, 3.05) is 13.2 Å². The molecule has 7 nitrogen and oxygen atoms in total. The van der Waals surface area contributed by atoms with Gasteiger partial charge in [0.1, 0.15) is 5.52 Å². The second kappa shape index (κ2) is 5.10. The quantitative estimate of drug-likeness (QED) is 0.657. The zero-order valence-electron chi connectivity index (χ0n) is 11.2. The predicted octanol–water partition coefficient (Wildman–Crippen LogP) is -1.13. The van der Waals surface area contributed by atoms with E-state index in [1.54, 1.807) is 4.68 Å². The van der Waals surface area contributed by atoms with Crippen molar-refractivity contribution < 1.29 is 15.3 Å². The topological polar surface area (TPSA) is 94.6 Å². The van der Waals surface area contributed by atoms with E-state index in [0.717, 1.165) is 16.6 Å². The largest absolute Gasteiger partial charge is 0.395 e. The Balaban J connectivity index is 1.82. The zero-order chi connectivity index (χ0) is 14.3.